The number of aryl methyl sites for hydroxylation is 1. The summed E-state index contributed by atoms with van der Waals surface area (Å²) in [7, 11) is 0. The Labute approximate surface area is 109 Å². The second-order valence-corrected chi connectivity index (χ2v) is 4.04. The van der Waals surface area contributed by atoms with Gasteiger partial charge in [0.05, 0.1) is 16.9 Å². The minimum absolute atomic E-state index is 0.0421. The fourth-order valence-corrected chi connectivity index (χ4v) is 1.62. The van der Waals surface area contributed by atoms with Crippen molar-refractivity contribution in [2.75, 3.05) is 5.43 Å². The first-order valence-corrected chi connectivity index (χ1v) is 5.54. The van der Waals surface area contributed by atoms with Gasteiger partial charge >= 0.3 is 0 Å². The second-order valence-electron chi connectivity index (χ2n) is 3.63. The number of para-hydroxylation sites is 1. The molecule has 0 aliphatic heterocycles. The zero-order chi connectivity index (χ0) is 13.1. The Bertz CT molecular complexity index is 557. The molecule has 1 heterocycles. The number of hydrogen-bond donors (Lipinski definition) is 2. The lowest BCUT2D eigenvalue weighted by molar-refractivity contribution is 0.427. The van der Waals surface area contributed by atoms with Crippen LogP contribution < -0.4 is 16.0 Å². The summed E-state index contributed by atoms with van der Waals surface area (Å²) in [6.45, 7) is 1.83. The van der Waals surface area contributed by atoms with Crippen molar-refractivity contribution in [3.63, 3.8) is 0 Å². The van der Waals surface area contributed by atoms with E-state index in [9.17, 15) is 4.39 Å². The number of benzene rings is 1. The number of pyridine rings is 1. The maximum atomic E-state index is 13.5. The monoisotopic (exact) mass is 267 g/mol. The molecule has 0 aliphatic rings. The van der Waals surface area contributed by atoms with Crippen molar-refractivity contribution < 1.29 is 9.13 Å². The molecule has 0 aliphatic carbocycles. The maximum absolute atomic E-state index is 13.5. The summed E-state index contributed by atoms with van der Waals surface area (Å²) in [5.41, 5.74) is 3.99. The lowest BCUT2D eigenvalue weighted by atomic mass is 10.2. The van der Waals surface area contributed by atoms with Crippen LogP contribution in [0.15, 0.2) is 30.5 Å². The average molecular weight is 268 g/mol. The van der Waals surface area contributed by atoms with E-state index in [-0.39, 0.29) is 16.7 Å². The highest BCUT2D eigenvalue weighted by Gasteiger charge is 2.10. The molecule has 0 amide bonds. The van der Waals surface area contributed by atoms with Gasteiger partial charge in [-0.05, 0) is 24.6 Å². The molecule has 3 N–H and O–H groups in total. The molecular formula is C12H11ClFN3O. The van der Waals surface area contributed by atoms with Gasteiger partial charge < -0.3 is 10.2 Å². The molecule has 6 heteroatoms. The maximum Gasteiger partial charge on any atom is 0.219 e. The highest BCUT2D eigenvalue weighted by Crippen LogP contribution is 2.31. The molecule has 18 heavy (non-hydrogen) atoms. The van der Waals surface area contributed by atoms with Crippen molar-refractivity contribution in [3.8, 4) is 11.6 Å². The molecule has 0 saturated carbocycles. The molecule has 0 atom stereocenters. The lowest BCUT2D eigenvalue weighted by Gasteiger charge is -2.09. The van der Waals surface area contributed by atoms with E-state index in [1.807, 2.05) is 6.92 Å². The normalized spacial score (nSPS) is 10.2. The van der Waals surface area contributed by atoms with Crippen molar-refractivity contribution in [1.29, 1.82) is 0 Å². The third kappa shape index (κ3) is 2.52. The molecule has 4 nitrogen and oxygen atoms in total. The number of ether oxygens (including phenoxy) is 1. The fourth-order valence-electron chi connectivity index (χ4n) is 1.42. The molecule has 1 aromatic carbocycles. The first-order chi connectivity index (χ1) is 8.61. The van der Waals surface area contributed by atoms with E-state index in [0.29, 0.717) is 5.69 Å². The number of rotatable bonds is 3. The summed E-state index contributed by atoms with van der Waals surface area (Å²) >= 11 is 5.85. The number of hydrogen-bond acceptors (Lipinski definition) is 4. The second kappa shape index (κ2) is 5.20. The van der Waals surface area contributed by atoms with Crippen LogP contribution in [-0.2, 0) is 0 Å². The summed E-state index contributed by atoms with van der Waals surface area (Å²) < 4.78 is 18.8. The van der Waals surface area contributed by atoms with Gasteiger partial charge in [-0.1, -0.05) is 17.7 Å². The molecule has 0 spiro atoms. The predicted molar refractivity (Wildman–Crippen MR) is 68.3 cm³/mol. The summed E-state index contributed by atoms with van der Waals surface area (Å²) in [6, 6.07) is 5.95. The minimum Gasteiger partial charge on any atom is -0.434 e. The Morgan fingerprint density at radius 1 is 1.44 bits per heavy atom. The van der Waals surface area contributed by atoms with Crippen LogP contribution in [-0.4, -0.2) is 4.98 Å². The molecule has 2 aromatic rings. The first kappa shape index (κ1) is 12.6. The molecule has 0 bridgehead atoms. The number of anilines is 1. The quantitative estimate of drug-likeness (QED) is 0.662. The van der Waals surface area contributed by atoms with Gasteiger partial charge in [0.15, 0.2) is 11.6 Å². The minimum atomic E-state index is -0.539. The van der Waals surface area contributed by atoms with Crippen LogP contribution in [0.5, 0.6) is 11.6 Å². The van der Waals surface area contributed by atoms with Crippen molar-refractivity contribution in [2.45, 2.75) is 6.92 Å². The smallest absolute Gasteiger partial charge is 0.219 e. The van der Waals surface area contributed by atoms with Gasteiger partial charge in [0, 0.05) is 6.07 Å². The van der Waals surface area contributed by atoms with E-state index < -0.39 is 5.82 Å². The summed E-state index contributed by atoms with van der Waals surface area (Å²) in [5, 5.41) is 0.190. The number of nitrogens with one attached hydrogen (secondary N) is 1. The molecule has 0 unspecified atom stereocenters. The molecule has 1 aromatic heterocycles. The molecular weight excluding hydrogens is 257 g/mol. The van der Waals surface area contributed by atoms with Crippen molar-refractivity contribution in [2.24, 2.45) is 5.84 Å². The molecule has 94 valence electrons. The number of halogens is 2. The largest absolute Gasteiger partial charge is 0.434 e. The summed E-state index contributed by atoms with van der Waals surface area (Å²) in [6.07, 6.45) is 1.50. The van der Waals surface area contributed by atoms with E-state index in [0.717, 1.165) is 5.56 Å². The van der Waals surface area contributed by atoms with Crippen molar-refractivity contribution >= 4 is 17.3 Å². The predicted octanol–water partition coefficient (Wildman–Crippen LogP) is 3.26. The fraction of sp³-hybridized carbons (Fsp3) is 0.0833. The standard InChI is InChI=1S/C12H11ClFN3O/c1-7-5-11(16-6-10(7)17-15)18-12-8(13)3-2-4-9(12)14/h2-6,17H,15H2,1H3. The Balaban J connectivity index is 2.32. The van der Waals surface area contributed by atoms with E-state index in [2.05, 4.69) is 10.4 Å². The average Bonchev–Trinajstić information content (AvgIpc) is 2.34. The zero-order valence-corrected chi connectivity index (χ0v) is 10.3. The Hall–Kier alpha value is -1.85. The zero-order valence-electron chi connectivity index (χ0n) is 9.58. The number of hydrazine groups is 1. The van der Waals surface area contributed by atoms with Gasteiger partial charge in [-0.25, -0.2) is 9.37 Å². The lowest BCUT2D eigenvalue weighted by Crippen LogP contribution is -2.08. The highest BCUT2D eigenvalue weighted by atomic mass is 35.5. The molecule has 0 radical (unpaired) electrons. The van der Waals surface area contributed by atoms with E-state index in [1.165, 1.54) is 18.3 Å². The Morgan fingerprint density at radius 2 is 2.22 bits per heavy atom. The molecule has 2 rings (SSSR count). The molecule has 0 fully saturated rings. The topological polar surface area (TPSA) is 60.2 Å². The first-order valence-electron chi connectivity index (χ1n) is 5.17. The van der Waals surface area contributed by atoms with Crippen LogP contribution in [0.1, 0.15) is 5.56 Å². The van der Waals surface area contributed by atoms with Crippen molar-refractivity contribution in [3.05, 3.63) is 46.9 Å². The SMILES string of the molecule is Cc1cc(Oc2c(F)cccc2Cl)ncc1NN. The van der Waals surface area contributed by atoms with Gasteiger partial charge in [-0.15, -0.1) is 0 Å². The Kier molecular flexibility index (Phi) is 3.64. The van der Waals surface area contributed by atoms with E-state index >= 15 is 0 Å². The van der Waals surface area contributed by atoms with Crippen LogP contribution in [0.25, 0.3) is 0 Å². The number of nitrogens with two attached hydrogens (primary N) is 1. The van der Waals surface area contributed by atoms with Crippen LogP contribution in [0, 0.1) is 12.7 Å². The van der Waals surface area contributed by atoms with Gasteiger partial charge in [0.25, 0.3) is 0 Å². The van der Waals surface area contributed by atoms with Crippen LogP contribution >= 0.6 is 11.6 Å². The summed E-state index contributed by atoms with van der Waals surface area (Å²) in [5.74, 6) is 4.96. The van der Waals surface area contributed by atoms with Crippen molar-refractivity contribution in [1.82, 2.24) is 4.98 Å². The van der Waals surface area contributed by atoms with Gasteiger partial charge in [0.2, 0.25) is 5.88 Å². The van der Waals surface area contributed by atoms with E-state index in [4.69, 9.17) is 22.2 Å². The number of nitrogens with zero attached hydrogens (tertiary/aromatic N) is 1. The van der Waals surface area contributed by atoms with E-state index in [1.54, 1.807) is 12.1 Å². The third-order valence-electron chi connectivity index (χ3n) is 2.37. The number of aromatic nitrogens is 1. The summed E-state index contributed by atoms with van der Waals surface area (Å²) in [4.78, 5) is 4.00. The van der Waals surface area contributed by atoms with Crippen LogP contribution in [0.4, 0.5) is 10.1 Å². The highest BCUT2D eigenvalue weighted by molar-refractivity contribution is 6.32. The van der Waals surface area contributed by atoms with Gasteiger partial charge in [0.1, 0.15) is 0 Å². The van der Waals surface area contributed by atoms with Gasteiger partial charge in [-0.3, -0.25) is 5.84 Å². The number of nitrogen functional groups attached to an aromatic ring is 1. The third-order valence-corrected chi connectivity index (χ3v) is 2.66. The van der Waals surface area contributed by atoms with Crippen LogP contribution in [0.3, 0.4) is 0 Å². The Morgan fingerprint density at radius 3 is 2.83 bits per heavy atom. The van der Waals surface area contributed by atoms with Crippen LogP contribution in [0.2, 0.25) is 5.02 Å². The van der Waals surface area contributed by atoms with Gasteiger partial charge in [-0.2, -0.15) is 0 Å². The molecule has 0 saturated heterocycles.